The smallest absolute Gasteiger partial charge is 0.335 e. The molecule has 0 aromatic heterocycles. The van der Waals surface area contributed by atoms with Gasteiger partial charge in [-0.05, 0) is 24.6 Å². The molecule has 0 atom stereocenters. The summed E-state index contributed by atoms with van der Waals surface area (Å²) in [6, 6.07) is 5.07. The number of rotatable bonds is 7. The number of carbonyl (C=O) groups is 3. The molecule has 0 aliphatic carbocycles. The van der Waals surface area contributed by atoms with Gasteiger partial charge in [0.1, 0.15) is 0 Å². The van der Waals surface area contributed by atoms with Crippen LogP contribution in [0.4, 0.5) is 0 Å². The molecule has 1 aromatic rings. The fourth-order valence-electron chi connectivity index (χ4n) is 1.56. The Morgan fingerprint density at radius 1 is 1.19 bits per heavy atom. The molecule has 1 aromatic carbocycles. The Kier molecular flexibility index (Phi) is 6.74. The van der Waals surface area contributed by atoms with E-state index in [4.69, 9.17) is 5.11 Å². The molecule has 0 saturated carbocycles. The maximum atomic E-state index is 11.6. The molecule has 0 saturated heterocycles. The fraction of sp³-hybridized carbons (Fsp3) is 0.357. The lowest BCUT2D eigenvalue weighted by atomic mass is 10.1. The third kappa shape index (κ3) is 6.31. The van der Waals surface area contributed by atoms with Crippen molar-refractivity contribution in [1.82, 2.24) is 10.6 Å². The number of carboxylic acids is 1. The fourth-order valence-corrected chi connectivity index (χ4v) is 2.33. The highest BCUT2D eigenvalue weighted by molar-refractivity contribution is 8.00. The van der Waals surface area contributed by atoms with Crippen LogP contribution in [0.25, 0.3) is 0 Å². The Bertz CT molecular complexity index is 546. The molecule has 21 heavy (non-hydrogen) atoms. The largest absolute Gasteiger partial charge is 0.478 e. The van der Waals surface area contributed by atoms with Gasteiger partial charge in [-0.25, -0.2) is 4.79 Å². The van der Waals surface area contributed by atoms with E-state index in [1.165, 1.54) is 18.7 Å². The predicted molar refractivity (Wildman–Crippen MR) is 80.6 cm³/mol. The third-order valence-electron chi connectivity index (χ3n) is 2.63. The number of thioether (sulfide) groups is 1. The van der Waals surface area contributed by atoms with Crippen molar-refractivity contribution in [1.29, 1.82) is 0 Å². The SMILES string of the molecule is CC(=O)NCCNC(=O)CSc1ccc(C)c(C(=O)O)c1. The van der Waals surface area contributed by atoms with Crippen LogP contribution in [0.1, 0.15) is 22.8 Å². The summed E-state index contributed by atoms with van der Waals surface area (Å²) in [6.07, 6.45) is 0. The van der Waals surface area contributed by atoms with Gasteiger partial charge >= 0.3 is 5.97 Å². The van der Waals surface area contributed by atoms with Gasteiger partial charge in [-0.15, -0.1) is 11.8 Å². The average molecular weight is 310 g/mol. The number of nitrogens with one attached hydrogen (secondary N) is 2. The Morgan fingerprint density at radius 3 is 2.48 bits per heavy atom. The lowest BCUT2D eigenvalue weighted by molar-refractivity contribution is -0.120. The molecule has 0 spiro atoms. The van der Waals surface area contributed by atoms with Gasteiger partial charge in [0.15, 0.2) is 0 Å². The second kappa shape index (κ2) is 8.31. The van der Waals surface area contributed by atoms with Gasteiger partial charge in [0, 0.05) is 24.9 Å². The summed E-state index contributed by atoms with van der Waals surface area (Å²) >= 11 is 1.27. The van der Waals surface area contributed by atoms with Crippen LogP contribution in [-0.4, -0.2) is 41.7 Å². The first-order chi connectivity index (χ1) is 9.90. The van der Waals surface area contributed by atoms with E-state index < -0.39 is 5.97 Å². The highest BCUT2D eigenvalue weighted by Gasteiger charge is 2.09. The number of hydrogen-bond acceptors (Lipinski definition) is 4. The van der Waals surface area contributed by atoms with Gasteiger partial charge in [0.05, 0.1) is 11.3 Å². The van der Waals surface area contributed by atoms with Crippen molar-refractivity contribution in [3.63, 3.8) is 0 Å². The maximum absolute atomic E-state index is 11.6. The summed E-state index contributed by atoms with van der Waals surface area (Å²) in [5.74, 6) is -1.08. The van der Waals surface area contributed by atoms with Crippen molar-refractivity contribution in [3.8, 4) is 0 Å². The van der Waals surface area contributed by atoms with Crippen molar-refractivity contribution in [3.05, 3.63) is 29.3 Å². The third-order valence-corrected chi connectivity index (χ3v) is 3.62. The Balaban J connectivity index is 2.41. The summed E-state index contributed by atoms with van der Waals surface area (Å²) < 4.78 is 0. The summed E-state index contributed by atoms with van der Waals surface area (Å²) in [4.78, 5) is 34.0. The Morgan fingerprint density at radius 2 is 1.86 bits per heavy atom. The summed E-state index contributed by atoms with van der Waals surface area (Å²) in [5, 5.41) is 14.3. The Hall–Kier alpha value is -2.02. The van der Waals surface area contributed by atoms with Gasteiger partial charge in [0.2, 0.25) is 11.8 Å². The molecule has 7 heteroatoms. The number of hydrogen-bond donors (Lipinski definition) is 3. The van der Waals surface area contributed by atoms with Gasteiger partial charge in [-0.1, -0.05) is 6.07 Å². The van der Waals surface area contributed by atoms with Crippen LogP contribution in [0.3, 0.4) is 0 Å². The van der Waals surface area contributed by atoms with E-state index in [0.717, 1.165) is 4.90 Å². The molecule has 2 amide bonds. The van der Waals surface area contributed by atoms with E-state index in [9.17, 15) is 14.4 Å². The van der Waals surface area contributed by atoms with Crippen LogP contribution < -0.4 is 10.6 Å². The number of carboxylic acid groups (broad SMARTS) is 1. The lowest BCUT2D eigenvalue weighted by Gasteiger charge is -2.07. The minimum atomic E-state index is -0.977. The van der Waals surface area contributed by atoms with E-state index in [1.54, 1.807) is 25.1 Å². The minimum absolute atomic E-state index is 0.139. The van der Waals surface area contributed by atoms with Crippen LogP contribution in [0.5, 0.6) is 0 Å². The molecule has 0 aliphatic heterocycles. The van der Waals surface area contributed by atoms with E-state index >= 15 is 0 Å². The molecule has 1 rings (SSSR count). The second-order valence-electron chi connectivity index (χ2n) is 4.40. The van der Waals surface area contributed by atoms with Gasteiger partial charge < -0.3 is 15.7 Å². The van der Waals surface area contributed by atoms with Crippen molar-refractivity contribution < 1.29 is 19.5 Å². The van der Waals surface area contributed by atoms with Gasteiger partial charge in [0.25, 0.3) is 0 Å². The first kappa shape index (κ1) is 17.0. The van der Waals surface area contributed by atoms with E-state index in [2.05, 4.69) is 10.6 Å². The van der Waals surface area contributed by atoms with Crippen LogP contribution in [-0.2, 0) is 9.59 Å². The van der Waals surface area contributed by atoms with Crippen LogP contribution >= 0.6 is 11.8 Å². The average Bonchev–Trinajstić information content (AvgIpc) is 2.42. The molecular weight excluding hydrogens is 292 g/mol. The maximum Gasteiger partial charge on any atom is 0.335 e. The van der Waals surface area contributed by atoms with E-state index in [0.29, 0.717) is 18.7 Å². The van der Waals surface area contributed by atoms with Crippen molar-refractivity contribution in [2.45, 2.75) is 18.7 Å². The van der Waals surface area contributed by atoms with Crippen molar-refractivity contribution >= 4 is 29.5 Å². The molecule has 6 nitrogen and oxygen atoms in total. The van der Waals surface area contributed by atoms with Gasteiger partial charge in [-0.2, -0.15) is 0 Å². The predicted octanol–water partition coefficient (Wildman–Crippen LogP) is 1.04. The topological polar surface area (TPSA) is 95.5 Å². The first-order valence-electron chi connectivity index (χ1n) is 6.38. The van der Waals surface area contributed by atoms with Crippen LogP contribution in [0.2, 0.25) is 0 Å². The molecule has 0 bridgehead atoms. The zero-order chi connectivity index (χ0) is 15.8. The highest BCUT2D eigenvalue weighted by Crippen LogP contribution is 2.21. The quantitative estimate of drug-likeness (QED) is 0.516. The van der Waals surface area contributed by atoms with Crippen LogP contribution in [0, 0.1) is 6.92 Å². The summed E-state index contributed by atoms with van der Waals surface area (Å²) in [6.45, 7) is 3.90. The number of benzene rings is 1. The first-order valence-corrected chi connectivity index (χ1v) is 7.36. The molecule has 3 N–H and O–H groups in total. The Labute approximate surface area is 127 Å². The highest BCUT2D eigenvalue weighted by atomic mass is 32.2. The monoisotopic (exact) mass is 310 g/mol. The standard InChI is InChI=1S/C14H18N2O4S/c1-9-3-4-11(7-12(9)14(19)20)21-8-13(18)16-6-5-15-10(2)17/h3-4,7H,5-6,8H2,1-2H3,(H,15,17)(H,16,18)(H,19,20). The molecule has 0 aliphatic rings. The zero-order valence-electron chi connectivity index (χ0n) is 11.9. The van der Waals surface area contributed by atoms with E-state index in [1.807, 2.05) is 0 Å². The molecule has 0 heterocycles. The normalized spacial score (nSPS) is 10.0. The van der Waals surface area contributed by atoms with E-state index in [-0.39, 0.29) is 23.1 Å². The molecule has 0 radical (unpaired) electrons. The van der Waals surface area contributed by atoms with Crippen molar-refractivity contribution in [2.75, 3.05) is 18.8 Å². The zero-order valence-corrected chi connectivity index (χ0v) is 12.8. The molecule has 0 unspecified atom stereocenters. The number of aromatic carboxylic acids is 1. The lowest BCUT2D eigenvalue weighted by Crippen LogP contribution is -2.34. The minimum Gasteiger partial charge on any atom is -0.478 e. The molecule has 114 valence electrons. The number of carbonyl (C=O) groups excluding carboxylic acids is 2. The van der Waals surface area contributed by atoms with Gasteiger partial charge in [-0.3, -0.25) is 9.59 Å². The van der Waals surface area contributed by atoms with Crippen molar-refractivity contribution in [2.24, 2.45) is 0 Å². The summed E-state index contributed by atoms with van der Waals surface area (Å²) in [7, 11) is 0. The second-order valence-corrected chi connectivity index (χ2v) is 5.45. The number of aryl methyl sites for hydroxylation is 1. The number of amides is 2. The molecular formula is C14H18N2O4S. The van der Waals surface area contributed by atoms with Crippen LogP contribution in [0.15, 0.2) is 23.1 Å². The molecule has 0 fully saturated rings. The summed E-state index contributed by atoms with van der Waals surface area (Å²) in [5.41, 5.74) is 0.928.